The van der Waals surface area contributed by atoms with Gasteiger partial charge in [-0.05, 0) is 56.4 Å². The van der Waals surface area contributed by atoms with Gasteiger partial charge in [0, 0.05) is 31.5 Å². The largest absolute Gasteiger partial charge is 0.418 e. The van der Waals surface area contributed by atoms with E-state index in [1.807, 2.05) is 17.9 Å². The van der Waals surface area contributed by atoms with Gasteiger partial charge in [0.1, 0.15) is 17.2 Å². The maximum Gasteiger partial charge on any atom is 0.418 e. The van der Waals surface area contributed by atoms with E-state index in [1.54, 1.807) is 17.2 Å². The molecule has 2 amide bonds. The number of hydrogen-bond acceptors (Lipinski definition) is 4. The van der Waals surface area contributed by atoms with E-state index >= 15 is 0 Å². The number of piperidine rings is 1. The first-order valence-corrected chi connectivity index (χ1v) is 13.4. The zero-order chi connectivity index (χ0) is 28.2. The summed E-state index contributed by atoms with van der Waals surface area (Å²) >= 11 is 0. The topological polar surface area (TPSA) is 57.5 Å². The second-order valence-electron chi connectivity index (χ2n) is 10.9. The minimum Gasteiger partial charge on any atom is -0.369 e. The normalized spacial score (nSPS) is 19.2. The van der Waals surface area contributed by atoms with Crippen LogP contribution in [-0.2, 0) is 25.8 Å². The van der Waals surface area contributed by atoms with Gasteiger partial charge in [-0.15, -0.1) is 0 Å². The highest BCUT2D eigenvalue weighted by molar-refractivity contribution is 5.94. The molecule has 40 heavy (non-hydrogen) atoms. The van der Waals surface area contributed by atoms with E-state index in [0.29, 0.717) is 55.8 Å². The van der Waals surface area contributed by atoms with Crippen molar-refractivity contribution in [2.45, 2.75) is 70.1 Å². The number of pyridine rings is 1. The zero-order valence-corrected chi connectivity index (χ0v) is 22.0. The lowest BCUT2D eigenvalue weighted by Crippen LogP contribution is -2.54. The van der Waals surface area contributed by atoms with Gasteiger partial charge < -0.3 is 9.80 Å². The van der Waals surface area contributed by atoms with Crippen LogP contribution in [0.25, 0.3) is 0 Å². The molecular formula is C28H29F5N6O. The number of amides is 2. The number of aryl methyl sites for hydroxylation is 1. The number of para-hydroxylation sites is 1. The molecule has 1 saturated carbocycles. The lowest BCUT2D eigenvalue weighted by atomic mass is 10.00. The monoisotopic (exact) mass is 560 g/mol. The van der Waals surface area contributed by atoms with Crippen LogP contribution >= 0.6 is 0 Å². The van der Waals surface area contributed by atoms with Crippen molar-refractivity contribution >= 4 is 17.4 Å². The van der Waals surface area contributed by atoms with Gasteiger partial charge in [-0.25, -0.2) is 13.6 Å². The van der Waals surface area contributed by atoms with E-state index in [4.69, 9.17) is 0 Å². The standard InChI is InChI=1S/C28H29F5N6O/c1-18-4-2-6-21(29)25(18)36-12-7-19(8-13-36)38-15-23-24(16-37(35-23)17-27(30)9-10-27)39(26(38)40)14-22-20(28(31,32)33)5-3-11-34-22/h2-6,11,16,19H,7-10,12-15,17H2,1H3. The van der Waals surface area contributed by atoms with Crippen molar-refractivity contribution in [1.82, 2.24) is 19.7 Å². The van der Waals surface area contributed by atoms with Crippen molar-refractivity contribution in [3.63, 3.8) is 0 Å². The Morgan fingerprint density at radius 1 is 1.10 bits per heavy atom. The van der Waals surface area contributed by atoms with E-state index in [-0.39, 0.29) is 30.6 Å². The average molecular weight is 561 g/mol. The van der Waals surface area contributed by atoms with Crippen molar-refractivity contribution in [3.8, 4) is 0 Å². The van der Waals surface area contributed by atoms with Gasteiger partial charge in [0.05, 0.1) is 42.3 Å². The van der Waals surface area contributed by atoms with Crippen LogP contribution in [0.4, 0.5) is 38.1 Å². The smallest absolute Gasteiger partial charge is 0.369 e. The molecule has 2 aromatic heterocycles. The van der Waals surface area contributed by atoms with Crippen molar-refractivity contribution in [2.75, 3.05) is 22.9 Å². The second-order valence-corrected chi connectivity index (χ2v) is 10.9. The Morgan fingerprint density at radius 3 is 2.52 bits per heavy atom. The third kappa shape index (κ3) is 4.99. The van der Waals surface area contributed by atoms with E-state index in [2.05, 4.69) is 10.1 Å². The first kappa shape index (κ1) is 26.5. The van der Waals surface area contributed by atoms with Crippen LogP contribution in [0, 0.1) is 12.7 Å². The molecule has 0 bridgehead atoms. The summed E-state index contributed by atoms with van der Waals surface area (Å²) in [6.45, 7) is 2.66. The first-order chi connectivity index (χ1) is 19.0. The van der Waals surface area contributed by atoms with Crippen LogP contribution in [0.5, 0.6) is 0 Å². The summed E-state index contributed by atoms with van der Waals surface area (Å²) in [4.78, 5) is 22.7. The minimum absolute atomic E-state index is 0.0276. The number of aromatic nitrogens is 3. The van der Waals surface area contributed by atoms with Gasteiger partial charge in [-0.2, -0.15) is 18.3 Å². The summed E-state index contributed by atoms with van der Waals surface area (Å²) in [5.41, 5.74) is -0.300. The summed E-state index contributed by atoms with van der Waals surface area (Å²) in [5.74, 6) is -0.300. The summed E-state index contributed by atoms with van der Waals surface area (Å²) < 4.78 is 71.8. The molecule has 12 heteroatoms. The third-order valence-corrected chi connectivity index (χ3v) is 8.06. The predicted molar refractivity (Wildman–Crippen MR) is 138 cm³/mol. The Morgan fingerprint density at radius 2 is 1.85 bits per heavy atom. The average Bonchev–Trinajstić information content (AvgIpc) is 3.49. The minimum atomic E-state index is -4.64. The van der Waals surface area contributed by atoms with Crippen LogP contribution in [0.15, 0.2) is 42.7 Å². The Hall–Kier alpha value is -3.70. The number of urea groups is 1. The van der Waals surface area contributed by atoms with Crippen molar-refractivity contribution in [2.24, 2.45) is 0 Å². The lowest BCUT2D eigenvalue weighted by molar-refractivity contribution is -0.138. The van der Waals surface area contributed by atoms with Gasteiger partial charge >= 0.3 is 12.2 Å². The van der Waals surface area contributed by atoms with Crippen molar-refractivity contribution in [3.05, 3.63) is 71.1 Å². The van der Waals surface area contributed by atoms with Gasteiger partial charge in [-0.3, -0.25) is 14.6 Å². The van der Waals surface area contributed by atoms with Crippen LogP contribution < -0.4 is 9.80 Å². The number of nitrogens with zero attached hydrogens (tertiary/aromatic N) is 6. The highest BCUT2D eigenvalue weighted by Gasteiger charge is 2.45. The molecule has 2 aliphatic heterocycles. The highest BCUT2D eigenvalue weighted by atomic mass is 19.4. The van der Waals surface area contributed by atoms with Crippen LogP contribution in [-0.4, -0.2) is 50.5 Å². The number of carbonyl (C=O) groups excluding carboxylic acids is 1. The number of carbonyl (C=O) groups is 1. The zero-order valence-electron chi connectivity index (χ0n) is 22.0. The molecule has 1 saturated heterocycles. The molecule has 3 aliphatic rings. The molecule has 0 N–H and O–H groups in total. The SMILES string of the molecule is Cc1cccc(F)c1N1CCC(N2Cc3nn(CC4(F)CC4)cc3N(Cc3ncccc3C(F)(F)F)C2=O)CC1. The number of benzene rings is 1. The second kappa shape index (κ2) is 9.74. The highest BCUT2D eigenvalue weighted by Crippen LogP contribution is 2.42. The molecule has 7 nitrogen and oxygen atoms in total. The molecule has 212 valence electrons. The molecule has 1 aliphatic carbocycles. The fraction of sp³-hybridized carbons (Fsp3) is 0.464. The lowest BCUT2D eigenvalue weighted by Gasteiger charge is -2.43. The van der Waals surface area contributed by atoms with Gasteiger partial charge in [0.2, 0.25) is 0 Å². The molecule has 0 spiro atoms. The molecule has 1 aromatic carbocycles. The number of hydrogen-bond donors (Lipinski definition) is 0. The third-order valence-electron chi connectivity index (χ3n) is 8.06. The summed E-state index contributed by atoms with van der Waals surface area (Å²) in [7, 11) is 0. The number of rotatable bonds is 6. The predicted octanol–water partition coefficient (Wildman–Crippen LogP) is 5.86. The number of anilines is 2. The first-order valence-electron chi connectivity index (χ1n) is 13.4. The molecule has 0 atom stereocenters. The molecule has 4 heterocycles. The van der Waals surface area contributed by atoms with Crippen LogP contribution in [0.2, 0.25) is 0 Å². The Bertz CT molecular complexity index is 1410. The van der Waals surface area contributed by atoms with Gasteiger partial charge in [0.15, 0.2) is 0 Å². The molecule has 2 fully saturated rings. The molecule has 0 unspecified atom stereocenters. The fourth-order valence-corrected chi connectivity index (χ4v) is 5.78. The maximum absolute atomic E-state index is 14.6. The number of fused-ring (bicyclic) bond motifs is 1. The van der Waals surface area contributed by atoms with Gasteiger partial charge in [-0.1, -0.05) is 12.1 Å². The van der Waals surface area contributed by atoms with Crippen molar-refractivity contribution < 1.29 is 26.7 Å². The van der Waals surface area contributed by atoms with E-state index in [9.17, 15) is 26.7 Å². The van der Waals surface area contributed by atoms with Crippen LogP contribution in [0.1, 0.15) is 48.2 Å². The molecule has 0 radical (unpaired) electrons. The van der Waals surface area contributed by atoms with E-state index in [0.717, 1.165) is 11.6 Å². The maximum atomic E-state index is 14.6. The molecule has 3 aromatic rings. The quantitative estimate of drug-likeness (QED) is 0.355. The molecular weight excluding hydrogens is 531 g/mol. The Balaban J connectivity index is 1.28. The fourth-order valence-electron chi connectivity index (χ4n) is 5.78. The summed E-state index contributed by atoms with van der Waals surface area (Å²) in [6.07, 6.45) is 0.123. The number of halogens is 5. The number of alkyl halides is 4. The Labute approximate surface area is 228 Å². The Kier molecular flexibility index (Phi) is 6.46. The van der Waals surface area contributed by atoms with E-state index in [1.165, 1.54) is 27.9 Å². The van der Waals surface area contributed by atoms with Crippen molar-refractivity contribution in [1.29, 1.82) is 0 Å². The van der Waals surface area contributed by atoms with E-state index < -0.39 is 30.0 Å². The molecule has 6 rings (SSSR count). The summed E-state index contributed by atoms with van der Waals surface area (Å²) in [6, 6.07) is 6.42. The van der Waals surface area contributed by atoms with Gasteiger partial charge in [0.25, 0.3) is 0 Å². The summed E-state index contributed by atoms with van der Waals surface area (Å²) in [5, 5.41) is 4.54. The van der Waals surface area contributed by atoms with Crippen LogP contribution in [0.3, 0.4) is 0 Å².